The monoisotopic (exact) mass is 182 g/mol. The number of rotatable bonds is 2. The Labute approximate surface area is 81.5 Å². The molecular formula is C12H22O. The Morgan fingerprint density at radius 2 is 2.08 bits per heavy atom. The maximum Gasteiger partial charge on any atom is 0.0573 e. The summed E-state index contributed by atoms with van der Waals surface area (Å²) < 4.78 is 0. The van der Waals surface area contributed by atoms with Gasteiger partial charge in [-0.05, 0) is 48.9 Å². The predicted octanol–water partition coefficient (Wildman–Crippen LogP) is 2.83. The number of fused-ring (bicyclic) bond motifs is 2. The van der Waals surface area contributed by atoms with E-state index in [-0.39, 0.29) is 6.10 Å². The Morgan fingerprint density at radius 3 is 2.54 bits per heavy atom. The molecule has 1 nitrogen and oxygen atoms in total. The predicted molar refractivity (Wildman–Crippen MR) is 54.4 cm³/mol. The van der Waals surface area contributed by atoms with Gasteiger partial charge in [-0.2, -0.15) is 0 Å². The van der Waals surface area contributed by atoms with Crippen LogP contribution in [0, 0.1) is 23.2 Å². The average Bonchev–Trinajstić information content (AvgIpc) is 2.60. The number of hydrogen-bond acceptors (Lipinski definition) is 1. The van der Waals surface area contributed by atoms with E-state index >= 15 is 0 Å². The van der Waals surface area contributed by atoms with Crippen molar-refractivity contribution in [2.75, 3.05) is 0 Å². The highest BCUT2D eigenvalue weighted by atomic mass is 16.3. The second kappa shape index (κ2) is 2.98. The molecule has 0 aromatic heterocycles. The van der Waals surface area contributed by atoms with Crippen LogP contribution < -0.4 is 0 Å². The molecule has 0 heterocycles. The van der Waals surface area contributed by atoms with Crippen LogP contribution in [0.2, 0.25) is 0 Å². The molecule has 76 valence electrons. The van der Waals surface area contributed by atoms with Gasteiger partial charge in [0.15, 0.2) is 0 Å². The molecular weight excluding hydrogens is 160 g/mol. The zero-order valence-electron chi connectivity index (χ0n) is 9.09. The quantitative estimate of drug-likeness (QED) is 0.696. The molecule has 0 saturated heterocycles. The van der Waals surface area contributed by atoms with Crippen molar-refractivity contribution in [1.29, 1.82) is 0 Å². The molecule has 0 radical (unpaired) electrons. The van der Waals surface area contributed by atoms with E-state index in [1.807, 2.05) is 0 Å². The highest BCUT2D eigenvalue weighted by Crippen LogP contribution is 2.60. The van der Waals surface area contributed by atoms with Gasteiger partial charge >= 0.3 is 0 Å². The fourth-order valence-electron chi connectivity index (χ4n) is 3.96. The Kier molecular flexibility index (Phi) is 2.18. The Balaban J connectivity index is 2.18. The van der Waals surface area contributed by atoms with Gasteiger partial charge in [-0.25, -0.2) is 0 Å². The summed E-state index contributed by atoms with van der Waals surface area (Å²) >= 11 is 0. The lowest BCUT2D eigenvalue weighted by atomic mass is 9.66. The lowest BCUT2D eigenvalue weighted by Crippen LogP contribution is -2.38. The van der Waals surface area contributed by atoms with Gasteiger partial charge in [-0.1, -0.05) is 20.8 Å². The molecule has 2 bridgehead atoms. The van der Waals surface area contributed by atoms with Gasteiger partial charge in [-0.3, -0.25) is 0 Å². The minimum Gasteiger partial charge on any atom is -0.393 e. The molecule has 2 aliphatic carbocycles. The van der Waals surface area contributed by atoms with E-state index < -0.39 is 0 Å². The van der Waals surface area contributed by atoms with E-state index in [2.05, 4.69) is 20.8 Å². The summed E-state index contributed by atoms with van der Waals surface area (Å²) in [6.45, 7) is 6.83. The Morgan fingerprint density at radius 1 is 1.38 bits per heavy atom. The Bertz CT molecular complexity index is 197. The molecule has 13 heavy (non-hydrogen) atoms. The summed E-state index contributed by atoms with van der Waals surface area (Å²) in [5.74, 6) is 2.30. The highest BCUT2D eigenvalue weighted by Gasteiger charge is 2.54. The van der Waals surface area contributed by atoms with Crippen molar-refractivity contribution in [3.63, 3.8) is 0 Å². The maximum absolute atomic E-state index is 10.0. The molecule has 2 fully saturated rings. The molecule has 0 unspecified atom stereocenters. The minimum atomic E-state index is -0.0506. The van der Waals surface area contributed by atoms with Crippen LogP contribution in [0.4, 0.5) is 0 Å². The molecule has 0 aromatic carbocycles. The summed E-state index contributed by atoms with van der Waals surface area (Å²) in [5, 5.41) is 10.0. The van der Waals surface area contributed by atoms with Gasteiger partial charge in [0.05, 0.1) is 6.10 Å². The van der Waals surface area contributed by atoms with Gasteiger partial charge < -0.3 is 5.11 Å². The van der Waals surface area contributed by atoms with Crippen LogP contribution in [-0.2, 0) is 0 Å². The zero-order chi connectivity index (χ0) is 9.64. The molecule has 1 N–H and O–H groups in total. The van der Waals surface area contributed by atoms with Crippen molar-refractivity contribution in [1.82, 2.24) is 0 Å². The third kappa shape index (κ3) is 1.24. The fraction of sp³-hybridized carbons (Fsp3) is 1.00. The SMILES string of the molecule is CC[C@@H](O)[C@H]1[C@H]2CC[C@@H](C2)C1(C)C. The van der Waals surface area contributed by atoms with Gasteiger partial charge in [0.1, 0.15) is 0 Å². The van der Waals surface area contributed by atoms with Crippen molar-refractivity contribution in [2.45, 2.75) is 52.6 Å². The van der Waals surface area contributed by atoms with Crippen molar-refractivity contribution in [2.24, 2.45) is 23.2 Å². The molecule has 2 aliphatic rings. The standard InChI is InChI=1S/C12H22O/c1-4-10(13)11-8-5-6-9(7-8)12(11,2)3/h8-11,13H,4-7H2,1-3H3/t8-,9-,10+,11+/m0/s1. The third-order valence-corrected chi connectivity index (χ3v) is 4.73. The summed E-state index contributed by atoms with van der Waals surface area (Å²) in [4.78, 5) is 0. The van der Waals surface area contributed by atoms with Crippen LogP contribution in [0.15, 0.2) is 0 Å². The fourth-order valence-corrected chi connectivity index (χ4v) is 3.96. The van der Waals surface area contributed by atoms with E-state index in [1.54, 1.807) is 0 Å². The van der Waals surface area contributed by atoms with Gasteiger partial charge in [0, 0.05) is 0 Å². The first-order valence-corrected chi connectivity index (χ1v) is 5.75. The molecule has 0 amide bonds. The van der Waals surface area contributed by atoms with Crippen LogP contribution in [-0.4, -0.2) is 11.2 Å². The van der Waals surface area contributed by atoms with E-state index in [9.17, 15) is 5.11 Å². The van der Waals surface area contributed by atoms with Crippen LogP contribution >= 0.6 is 0 Å². The average molecular weight is 182 g/mol. The number of aliphatic hydroxyl groups is 1. The van der Waals surface area contributed by atoms with E-state index in [0.29, 0.717) is 11.3 Å². The van der Waals surface area contributed by atoms with Gasteiger partial charge in [0.25, 0.3) is 0 Å². The summed E-state index contributed by atoms with van der Waals surface area (Å²) in [5.41, 5.74) is 0.401. The molecule has 4 atom stereocenters. The highest BCUT2D eigenvalue weighted by molar-refractivity contribution is 5.03. The van der Waals surface area contributed by atoms with Crippen LogP contribution in [0.5, 0.6) is 0 Å². The summed E-state index contributed by atoms with van der Waals surface area (Å²) in [7, 11) is 0. The Hall–Kier alpha value is -0.0400. The van der Waals surface area contributed by atoms with Gasteiger partial charge in [-0.15, -0.1) is 0 Å². The molecule has 0 spiro atoms. The third-order valence-electron chi connectivity index (χ3n) is 4.73. The molecule has 2 saturated carbocycles. The molecule has 0 aliphatic heterocycles. The van der Waals surface area contributed by atoms with Crippen LogP contribution in [0.25, 0.3) is 0 Å². The smallest absolute Gasteiger partial charge is 0.0573 e. The van der Waals surface area contributed by atoms with Crippen molar-refractivity contribution in [3.8, 4) is 0 Å². The van der Waals surface area contributed by atoms with Crippen molar-refractivity contribution in [3.05, 3.63) is 0 Å². The van der Waals surface area contributed by atoms with Crippen LogP contribution in [0.3, 0.4) is 0 Å². The molecule has 0 aromatic rings. The summed E-state index contributed by atoms with van der Waals surface area (Å²) in [6, 6.07) is 0. The maximum atomic E-state index is 10.0. The van der Waals surface area contributed by atoms with Crippen LogP contribution in [0.1, 0.15) is 46.5 Å². The largest absolute Gasteiger partial charge is 0.393 e. The van der Waals surface area contributed by atoms with E-state index in [0.717, 1.165) is 18.3 Å². The molecule has 1 heteroatoms. The van der Waals surface area contributed by atoms with Crippen molar-refractivity contribution >= 4 is 0 Å². The first-order valence-electron chi connectivity index (χ1n) is 5.75. The normalized spacial score (nSPS) is 43.8. The second-order valence-corrected chi connectivity index (χ2v) is 5.59. The lowest BCUT2D eigenvalue weighted by molar-refractivity contribution is -0.00394. The lowest BCUT2D eigenvalue weighted by Gasteiger charge is -2.40. The topological polar surface area (TPSA) is 20.2 Å². The van der Waals surface area contributed by atoms with Gasteiger partial charge in [0.2, 0.25) is 0 Å². The van der Waals surface area contributed by atoms with E-state index in [1.165, 1.54) is 19.3 Å². The summed E-state index contributed by atoms with van der Waals surface area (Å²) in [6.07, 6.45) is 5.04. The zero-order valence-corrected chi connectivity index (χ0v) is 9.09. The van der Waals surface area contributed by atoms with E-state index in [4.69, 9.17) is 0 Å². The number of aliphatic hydroxyl groups excluding tert-OH is 1. The van der Waals surface area contributed by atoms with Crippen molar-refractivity contribution < 1.29 is 5.11 Å². The minimum absolute atomic E-state index is 0.0506. The first-order chi connectivity index (χ1) is 6.07. The second-order valence-electron chi connectivity index (χ2n) is 5.59. The molecule has 2 rings (SSSR count). The first kappa shape index (κ1) is 9.51. The number of hydrogen-bond donors (Lipinski definition) is 1.